The topological polar surface area (TPSA) is 78.9 Å². The molecule has 6 nitrogen and oxygen atoms in total. The Balaban J connectivity index is 2.64. The van der Waals surface area contributed by atoms with Crippen LogP contribution in [0.4, 0.5) is 0 Å². The fourth-order valence-electron chi connectivity index (χ4n) is 1.79. The van der Waals surface area contributed by atoms with E-state index in [0.717, 1.165) is 13.5 Å². The van der Waals surface area contributed by atoms with Crippen molar-refractivity contribution in [3.05, 3.63) is 0 Å². The number of esters is 2. The van der Waals surface area contributed by atoms with E-state index in [4.69, 9.17) is 4.74 Å². The Morgan fingerprint density at radius 2 is 2.00 bits per heavy atom. The molecule has 0 saturated carbocycles. The second-order valence-corrected chi connectivity index (χ2v) is 5.62. The zero-order valence-electron chi connectivity index (χ0n) is 11.2. The lowest BCUT2D eigenvalue weighted by molar-refractivity contribution is -0.152. The summed E-state index contributed by atoms with van der Waals surface area (Å²) in [5.74, 6) is -2.18. The fraction of sp³-hybridized carbons (Fsp3) is 0.750. The number of ketones is 1. The van der Waals surface area contributed by atoms with Crippen LogP contribution in [0.15, 0.2) is 0 Å². The van der Waals surface area contributed by atoms with E-state index >= 15 is 0 Å². The number of hydrogen-bond acceptors (Lipinski definition) is 7. The number of methoxy groups -OCH3 is 2. The van der Waals surface area contributed by atoms with Gasteiger partial charge < -0.3 is 14.2 Å². The van der Waals surface area contributed by atoms with Gasteiger partial charge in [-0.3, -0.25) is 9.59 Å². The third kappa shape index (κ3) is 4.50. The Kier molecular flexibility index (Phi) is 6.30. The minimum Gasteiger partial charge on any atom is -0.468 e. The maximum absolute atomic E-state index is 11.7. The largest absolute Gasteiger partial charge is 0.468 e. The van der Waals surface area contributed by atoms with Crippen LogP contribution in [0.2, 0.25) is 0 Å². The van der Waals surface area contributed by atoms with Gasteiger partial charge in [0.25, 0.3) is 0 Å². The van der Waals surface area contributed by atoms with Crippen molar-refractivity contribution in [2.24, 2.45) is 0 Å². The van der Waals surface area contributed by atoms with Crippen LogP contribution in [0, 0.1) is 0 Å². The second kappa shape index (κ2) is 7.49. The van der Waals surface area contributed by atoms with Crippen LogP contribution >= 0.6 is 11.8 Å². The van der Waals surface area contributed by atoms with Gasteiger partial charge in [0.05, 0.1) is 20.3 Å². The summed E-state index contributed by atoms with van der Waals surface area (Å²) < 4.78 is 14.4. The van der Waals surface area contributed by atoms with Crippen LogP contribution in [0.5, 0.6) is 0 Å². The molecule has 0 amide bonds. The molecule has 0 bridgehead atoms. The molecular weight excluding hydrogens is 272 g/mol. The lowest BCUT2D eigenvalue weighted by Crippen LogP contribution is -2.30. The molecule has 19 heavy (non-hydrogen) atoms. The highest BCUT2D eigenvalue weighted by atomic mass is 32.2. The lowest BCUT2D eigenvalue weighted by atomic mass is 10.2. The molecule has 1 saturated heterocycles. The number of rotatable bonds is 6. The first-order valence-electron chi connectivity index (χ1n) is 5.95. The second-order valence-electron chi connectivity index (χ2n) is 4.17. The summed E-state index contributed by atoms with van der Waals surface area (Å²) in [6, 6.07) is 0. The van der Waals surface area contributed by atoms with Crippen LogP contribution in [0.3, 0.4) is 0 Å². The maximum Gasteiger partial charge on any atom is 0.374 e. The summed E-state index contributed by atoms with van der Waals surface area (Å²) in [7, 11) is 2.39. The van der Waals surface area contributed by atoms with Gasteiger partial charge in [-0.05, 0) is 13.3 Å². The van der Waals surface area contributed by atoms with E-state index in [1.54, 1.807) is 0 Å². The quantitative estimate of drug-likeness (QED) is 0.522. The van der Waals surface area contributed by atoms with E-state index in [9.17, 15) is 14.4 Å². The van der Waals surface area contributed by atoms with Gasteiger partial charge in [0.2, 0.25) is 5.78 Å². The summed E-state index contributed by atoms with van der Waals surface area (Å²) >= 11 is 1.32. The smallest absolute Gasteiger partial charge is 0.374 e. The minimum atomic E-state index is -0.940. The molecule has 0 N–H and O–H groups in total. The zero-order valence-corrected chi connectivity index (χ0v) is 12.0. The van der Waals surface area contributed by atoms with E-state index < -0.39 is 23.0 Å². The monoisotopic (exact) mass is 290 g/mol. The van der Waals surface area contributed by atoms with Gasteiger partial charge >= 0.3 is 11.9 Å². The minimum absolute atomic E-state index is 0.0189. The average molecular weight is 290 g/mol. The zero-order chi connectivity index (χ0) is 14.4. The first-order chi connectivity index (χ1) is 8.99. The summed E-state index contributed by atoms with van der Waals surface area (Å²) in [4.78, 5) is 34.3. The molecule has 7 heteroatoms. The predicted octanol–water partition coefficient (Wildman–Crippen LogP) is 0.571. The normalized spacial score (nSPS) is 23.7. The molecule has 3 unspecified atom stereocenters. The van der Waals surface area contributed by atoms with E-state index in [0.29, 0.717) is 6.61 Å². The molecule has 0 aromatic carbocycles. The molecule has 0 spiro atoms. The maximum atomic E-state index is 11.7. The van der Waals surface area contributed by atoms with Crippen molar-refractivity contribution in [2.45, 2.75) is 36.4 Å². The number of thioether (sulfide) groups is 1. The molecule has 0 radical (unpaired) electrons. The molecule has 1 aliphatic rings. The molecule has 0 aromatic heterocycles. The van der Waals surface area contributed by atoms with Gasteiger partial charge in [-0.2, -0.15) is 0 Å². The molecule has 108 valence electrons. The van der Waals surface area contributed by atoms with Crippen molar-refractivity contribution in [1.29, 1.82) is 0 Å². The average Bonchev–Trinajstić information content (AvgIpc) is 2.81. The Hall–Kier alpha value is -1.08. The summed E-state index contributed by atoms with van der Waals surface area (Å²) in [5, 5.41) is -0.583. The van der Waals surface area contributed by atoms with Gasteiger partial charge in [0.1, 0.15) is 5.25 Å². The van der Waals surface area contributed by atoms with Gasteiger partial charge in [-0.1, -0.05) is 0 Å². The van der Waals surface area contributed by atoms with Gasteiger partial charge in [-0.25, -0.2) is 4.79 Å². The number of ether oxygens (including phenoxy) is 3. The SMILES string of the molecule is COC(=O)C(=O)CC(SC1CCOC1C)C(=O)OC. The van der Waals surface area contributed by atoms with E-state index in [-0.39, 0.29) is 17.8 Å². The van der Waals surface area contributed by atoms with Crippen LogP contribution in [-0.2, 0) is 28.6 Å². The molecule has 0 aromatic rings. The lowest BCUT2D eigenvalue weighted by Gasteiger charge is -2.19. The van der Waals surface area contributed by atoms with Crippen molar-refractivity contribution in [1.82, 2.24) is 0 Å². The highest BCUT2D eigenvalue weighted by molar-refractivity contribution is 8.01. The molecule has 0 aliphatic carbocycles. The Bertz CT molecular complexity index is 356. The summed E-state index contributed by atoms with van der Waals surface area (Å²) in [6.07, 6.45) is 0.615. The number of carbonyl (C=O) groups is 3. The van der Waals surface area contributed by atoms with Crippen molar-refractivity contribution in [2.75, 3.05) is 20.8 Å². The van der Waals surface area contributed by atoms with Gasteiger partial charge in [0, 0.05) is 18.3 Å². The number of hydrogen-bond donors (Lipinski definition) is 0. The Labute approximate surface area is 116 Å². The van der Waals surface area contributed by atoms with E-state index in [1.807, 2.05) is 6.92 Å². The number of carbonyl (C=O) groups excluding carboxylic acids is 3. The van der Waals surface area contributed by atoms with Crippen molar-refractivity contribution in [3.8, 4) is 0 Å². The highest BCUT2D eigenvalue weighted by Crippen LogP contribution is 2.31. The Morgan fingerprint density at radius 1 is 1.32 bits per heavy atom. The third-order valence-corrected chi connectivity index (χ3v) is 4.55. The molecule has 3 atom stereocenters. The standard InChI is InChI=1S/C12H18O6S/c1-7-9(4-5-18-7)19-10(12(15)17-3)6-8(13)11(14)16-2/h7,9-10H,4-6H2,1-3H3. The van der Waals surface area contributed by atoms with E-state index in [2.05, 4.69) is 9.47 Å². The van der Waals surface area contributed by atoms with Crippen LogP contribution in [0.1, 0.15) is 19.8 Å². The molecule has 1 heterocycles. The van der Waals surface area contributed by atoms with Crippen LogP contribution in [0.25, 0.3) is 0 Å². The predicted molar refractivity (Wildman–Crippen MR) is 68.9 cm³/mol. The van der Waals surface area contributed by atoms with Crippen molar-refractivity contribution >= 4 is 29.5 Å². The molecule has 1 fully saturated rings. The summed E-state index contributed by atoms with van der Waals surface area (Å²) in [6.45, 7) is 2.55. The van der Waals surface area contributed by atoms with Crippen LogP contribution < -0.4 is 0 Å². The van der Waals surface area contributed by atoms with Crippen LogP contribution in [-0.4, -0.2) is 55.2 Å². The van der Waals surface area contributed by atoms with Crippen molar-refractivity contribution in [3.63, 3.8) is 0 Å². The third-order valence-electron chi connectivity index (χ3n) is 2.89. The van der Waals surface area contributed by atoms with Gasteiger partial charge in [-0.15, -0.1) is 11.8 Å². The summed E-state index contributed by atoms with van der Waals surface area (Å²) in [5.41, 5.74) is 0. The van der Waals surface area contributed by atoms with E-state index in [1.165, 1.54) is 18.9 Å². The molecule has 1 rings (SSSR count). The first-order valence-corrected chi connectivity index (χ1v) is 6.90. The highest BCUT2D eigenvalue weighted by Gasteiger charge is 2.34. The Morgan fingerprint density at radius 3 is 2.47 bits per heavy atom. The molecule has 1 aliphatic heterocycles. The molecular formula is C12H18O6S. The van der Waals surface area contributed by atoms with Gasteiger partial charge in [0.15, 0.2) is 0 Å². The van der Waals surface area contributed by atoms with Crippen molar-refractivity contribution < 1.29 is 28.6 Å². The fourth-order valence-corrected chi connectivity index (χ4v) is 3.19. The number of Topliss-reactive ketones (excluding diaryl/α,β-unsaturated/α-hetero) is 1. The first kappa shape index (κ1) is 16.0.